The van der Waals surface area contributed by atoms with Crippen LogP contribution in [0.1, 0.15) is 40.5 Å². The summed E-state index contributed by atoms with van der Waals surface area (Å²) in [7, 11) is 0. The van der Waals surface area contributed by atoms with E-state index in [1.807, 2.05) is 32.0 Å². The minimum atomic E-state index is 0.137. The number of ether oxygens (including phenoxy) is 2. The van der Waals surface area contributed by atoms with Crippen molar-refractivity contribution in [3.8, 4) is 11.5 Å². The highest BCUT2D eigenvalue weighted by Gasteiger charge is 2.06. The number of nitrogen functional groups attached to an aromatic ring is 1. The van der Waals surface area contributed by atoms with E-state index in [4.69, 9.17) is 15.2 Å². The minimum absolute atomic E-state index is 0.137. The summed E-state index contributed by atoms with van der Waals surface area (Å²) in [5.41, 5.74) is 6.49. The summed E-state index contributed by atoms with van der Waals surface area (Å²) in [4.78, 5) is 0. The fraction of sp³-hybridized carbons (Fsp3) is 0.571. The Morgan fingerprint density at radius 3 is 2.18 bits per heavy atom. The van der Waals surface area contributed by atoms with Crippen molar-refractivity contribution in [2.75, 3.05) is 5.73 Å². The molecule has 0 aliphatic rings. The normalized spacial score (nSPS) is 12.5. The predicted molar refractivity (Wildman–Crippen MR) is 71.6 cm³/mol. The van der Waals surface area contributed by atoms with Gasteiger partial charge in [0, 0.05) is 23.9 Å². The molecule has 0 aromatic heterocycles. The van der Waals surface area contributed by atoms with Gasteiger partial charge in [0.05, 0.1) is 12.2 Å². The first-order chi connectivity index (χ1) is 8.01. The molecule has 0 aliphatic carbocycles. The predicted octanol–water partition coefficient (Wildman–Crippen LogP) is 3.62. The number of nitrogens with two attached hydrogens (primary N) is 1. The molecule has 3 nitrogen and oxygen atoms in total. The Bertz CT molecular complexity index is 350. The van der Waals surface area contributed by atoms with Crippen LogP contribution < -0.4 is 15.2 Å². The van der Waals surface area contributed by atoms with E-state index >= 15 is 0 Å². The van der Waals surface area contributed by atoms with Crippen LogP contribution in [0.2, 0.25) is 0 Å². The third kappa shape index (κ3) is 4.98. The number of benzene rings is 1. The first-order valence-corrected chi connectivity index (χ1v) is 6.25. The van der Waals surface area contributed by atoms with Crippen LogP contribution in [0.4, 0.5) is 5.69 Å². The Hall–Kier alpha value is -1.38. The van der Waals surface area contributed by atoms with Crippen LogP contribution in [0, 0.1) is 0 Å². The summed E-state index contributed by atoms with van der Waals surface area (Å²) in [6, 6.07) is 5.54. The van der Waals surface area contributed by atoms with Gasteiger partial charge in [0.15, 0.2) is 0 Å². The molecule has 1 atom stereocenters. The van der Waals surface area contributed by atoms with Crippen LogP contribution in [0.15, 0.2) is 18.2 Å². The molecule has 0 spiro atoms. The summed E-state index contributed by atoms with van der Waals surface area (Å²) < 4.78 is 11.4. The van der Waals surface area contributed by atoms with Gasteiger partial charge in [-0.3, -0.25) is 0 Å². The van der Waals surface area contributed by atoms with Gasteiger partial charge >= 0.3 is 0 Å². The second kappa shape index (κ2) is 6.38. The molecule has 1 rings (SSSR count). The lowest BCUT2D eigenvalue weighted by atomic mass is 10.2. The van der Waals surface area contributed by atoms with Crippen LogP contribution in [0.5, 0.6) is 11.5 Å². The van der Waals surface area contributed by atoms with E-state index in [2.05, 4.69) is 13.8 Å². The van der Waals surface area contributed by atoms with Crippen molar-refractivity contribution in [2.24, 2.45) is 0 Å². The van der Waals surface area contributed by atoms with E-state index in [0.29, 0.717) is 5.69 Å². The monoisotopic (exact) mass is 237 g/mol. The molecule has 96 valence electrons. The summed E-state index contributed by atoms with van der Waals surface area (Å²) in [6.45, 7) is 8.19. The van der Waals surface area contributed by atoms with Gasteiger partial charge in [-0.1, -0.05) is 13.3 Å². The maximum Gasteiger partial charge on any atom is 0.125 e. The van der Waals surface area contributed by atoms with E-state index in [9.17, 15) is 0 Å². The van der Waals surface area contributed by atoms with Gasteiger partial charge < -0.3 is 15.2 Å². The van der Waals surface area contributed by atoms with Gasteiger partial charge in [-0.2, -0.15) is 0 Å². The zero-order chi connectivity index (χ0) is 12.8. The SMILES string of the molecule is CCCC(C)Oc1cc(N)cc(OC(C)C)c1. The third-order valence-electron chi connectivity index (χ3n) is 2.31. The molecular weight excluding hydrogens is 214 g/mol. The Labute approximate surface area is 104 Å². The standard InChI is InChI=1S/C14H23NO2/c1-5-6-11(4)17-14-8-12(15)7-13(9-14)16-10(2)3/h7-11H,5-6,15H2,1-4H3. The third-order valence-corrected chi connectivity index (χ3v) is 2.31. The molecule has 0 heterocycles. The van der Waals surface area contributed by atoms with E-state index in [1.54, 1.807) is 0 Å². The molecule has 0 fully saturated rings. The average molecular weight is 237 g/mol. The molecule has 0 amide bonds. The fourth-order valence-electron chi connectivity index (χ4n) is 1.70. The van der Waals surface area contributed by atoms with Gasteiger partial charge in [0.2, 0.25) is 0 Å². The smallest absolute Gasteiger partial charge is 0.125 e. The lowest BCUT2D eigenvalue weighted by molar-refractivity contribution is 0.206. The maximum atomic E-state index is 5.82. The van der Waals surface area contributed by atoms with Crippen molar-refractivity contribution in [2.45, 2.75) is 52.7 Å². The van der Waals surface area contributed by atoms with Crippen LogP contribution in [0.3, 0.4) is 0 Å². The molecule has 3 heteroatoms. The van der Waals surface area contributed by atoms with Crippen LogP contribution in [0.25, 0.3) is 0 Å². The first kappa shape index (κ1) is 13.7. The van der Waals surface area contributed by atoms with Gasteiger partial charge in [0.1, 0.15) is 11.5 Å². The fourth-order valence-corrected chi connectivity index (χ4v) is 1.70. The quantitative estimate of drug-likeness (QED) is 0.768. The molecule has 1 aromatic rings. The number of rotatable bonds is 6. The van der Waals surface area contributed by atoms with Crippen molar-refractivity contribution in [1.82, 2.24) is 0 Å². The molecule has 1 aromatic carbocycles. The molecule has 0 saturated carbocycles. The van der Waals surface area contributed by atoms with Crippen LogP contribution >= 0.6 is 0 Å². The Balaban J connectivity index is 2.74. The number of hydrogen-bond donors (Lipinski definition) is 1. The zero-order valence-electron chi connectivity index (χ0n) is 11.2. The number of hydrogen-bond acceptors (Lipinski definition) is 3. The highest BCUT2D eigenvalue weighted by Crippen LogP contribution is 2.26. The van der Waals surface area contributed by atoms with Crippen molar-refractivity contribution in [3.05, 3.63) is 18.2 Å². The van der Waals surface area contributed by atoms with Crippen molar-refractivity contribution in [1.29, 1.82) is 0 Å². The summed E-state index contributed by atoms with van der Waals surface area (Å²) >= 11 is 0. The lowest BCUT2D eigenvalue weighted by Gasteiger charge is -2.16. The Morgan fingerprint density at radius 2 is 1.65 bits per heavy atom. The number of anilines is 1. The molecule has 0 aliphatic heterocycles. The molecular formula is C14H23NO2. The second-order valence-corrected chi connectivity index (χ2v) is 4.62. The molecule has 0 bridgehead atoms. The highest BCUT2D eigenvalue weighted by atomic mass is 16.5. The van der Waals surface area contributed by atoms with E-state index in [0.717, 1.165) is 24.3 Å². The molecule has 1 unspecified atom stereocenters. The van der Waals surface area contributed by atoms with Gasteiger partial charge in [-0.25, -0.2) is 0 Å². The molecule has 0 saturated heterocycles. The van der Waals surface area contributed by atoms with Crippen LogP contribution in [-0.4, -0.2) is 12.2 Å². The highest BCUT2D eigenvalue weighted by molar-refractivity contribution is 5.50. The van der Waals surface area contributed by atoms with Crippen molar-refractivity contribution >= 4 is 5.69 Å². The molecule has 2 N–H and O–H groups in total. The second-order valence-electron chi connectivity index (χ2n) is 4.62. The zero-order valence-corrected chi connectivity index (χ0v) is 11.2. The lowest BCUT2D eigenvalue weighted by Crippen LogP contribution is -2.12. The van der Waals surface area contributed by atoms with Crippen molar-refractivity contribution in [3.63, 3.8) is 0 Å². The van der Waals surface area contributed by atoms with Gasteiger partial charge in [-0.15, -0.1) is 0 Å². The molecule has 0 radical (unpaired) electrons. The van der Waals surface area contributed by atoms with Gasteiger partial charge in [0.25, 0.3) is 0 Å². The van der Waals surface area contributed by atoms with Crippen molar-refractivity contribution < 1.29 is 9.47 Å². The largest absolute Gasteiger partial charge is 0.491 e. The summed E-state index contributed by atoms with van der Waals surface area (Å²) in [6.07, 6.45) is 2.49. The average Bonchev–Trinajstić information content (AvgIpc) is 2.14. The Kier molecular flexibility index (Phi) is 5.13. The van der Waals surface area contributed by atoms with E-state index in [1.165, 1.54) is 0 Å². The molecule has 17 heavy (non-hydrogen) atoms. The summed E-state index contributed by atoms with van der Waals surface area (Å²) in [5.74, 6) is 1.54. The summed E-state index contributed by atoms with van der Waals surface area (Å²) in [5, 5.41) is 0. The van der Waals surface area contributed by atoms with Gasteiger partial charge in [-0.05, 0) is 27.2 Å². The van der Waals surface area contributed by atoms with Crippen LogP contribution in [-0.2, 0) is 0 Å². The topological polar surface area (TPSA) is 44.5 Å². The Morgan fingerprint density at radius 1 is 1.06 bits per heavy atom. The van der Waals surface area contributed by atoms with E-state index in [-0.39, 0.29) is 12.2 Å². The first-order valence-electron chi connectivity index (χ1n) is 6.25. The maximum absolute atomic E-state index is 5.82. The van der Waals surface area contributed by atoms with E-state index < -0.39 is 0 Å². The minimum Gasteiger partial charge on any atom is -0.491 e.